The van der Waals surface area contributed by atoms with Crippen LogP contribution in [0.15, 0.2) is 24.3 Å². The predicted octanol–water partition coefficient (Wildman–Crippen LogP) is 2.79. The van der Waals surface area contributed by atoms with Crippen molar-refractivity contribution in [3.8, 4) is 0 Å². The fourth-order valence-corrected chi connectivity index (χ4v) is 2.16. The first kappa shape index (κ1) is 14.2. The quantitative estimate of drug-likeness (QED) is 0.931. The number of hydrogen-bond acceptors (Lipinski definition) is 3. The number of benzene rings is 1. The zero-order chi connectivity index (χ0) is 14.7. The van der Waals surface area contributed by atoms with Gasteiger partial charge in [0.1, 0.15) is 11.6 Å². The number of aromatic nitrogens is 3. The van der Waals surface area contributed by atoms with E-state index in [4.69, 9.17) is 0 Å². The molecule has 1 atom stereocenters. The van der Waals surface area contributed by atoms with Gasteiger partial charge < -0.3 is 5.32 Å². The molecule has 5 nitrogen and oxygen atoms in total. The van der Waals surface area contributed by atoms with Crippen LogP contribution >= 0.6 is 0 Å². The van der Waals surface area contributed by atoms with Crippen molar-refractivity contribution in [1.82, 2.24) is 14.8 Å². The molecule has 0 aliphatic heterocycles. The zero-order valence-corrected chi connectivity index (χ0v) is 12.3. The van der Waals surface area contributed by atoms with Crippen molar-refractivity contribution in [2.75, 3.05) is 5.32 Å². The lowest BCUT2D eigenvalue weighted by molar-refractivity contribution is -0.116. The first-order valence-electron chi connectivity index (χ1n) is 6.72. The second-order valence-electron chi connectivity index (χ2n) is 5.12. The summed E-state index contributed by atoms with van der Waals surface area (Å²) in [5.41, 5.74) is 1.99. The molecule has 1 aromatic heterocycles. The van der Waals surface area contributed by atoms with Crippen LogP contribution in [0.2, 0.25) is 0 Å². The number of carbonyl (C=O) groups excluding carboxylic acids is 1. The molecule has 2 rings (SSSR count). The molecule has 0 aliphatic carbocycles. The van der Waals surface area contributed by atoms with Crippen molar-refractivity contribution in [2.24, 2.45) is 0 Å². The highest BCUT2D eigenvalue weighted by atomic mass is 16.1. The standard InChI is InChI=1S/C15H20N4O/c1-10-5-7-14(8-6-10)17-15(20)9-11(2)19-13(4)16-12(3)18-19/h5-8,11H,9H2,1-4H3,(H,17,20). The molecule has 2 aromatic rings. The van der Waals surface area contributed by atoms with E-state index in [-0.39, 0.29) is 11.9 Å². The molecule has 0 saturated carbocycles. The molecule has 106 valence electrons. The maximum absolute atomic E-state index is 12.0. The van der Waals surface area contributed by atoms with Crippen molar-refractivity contribution in [3.63, 3.8) is 0 Å². The highest BCUT2D eigenvalue weighted by molar-refractivity contribution is 5.90. The average Bonchev–Trinajstić information content (AvgIpc) is 2.71. The monoisotopic (exact) mass is 272 g/mol. The number of anilines is 1. The molecule has 1 N–H and O–H groups in total. The molecular weight excluding hydrogens is 252 g/mol. The Morgan fingerprint density at radius 3 is 2.45 bits per heavy atom. The Hall–Kier alpha value is -2.17. The molecule has 0 spiro atoms. The van der Waals surface area contributed by atoms with Gasteiger partial charge in [0, 0.05) is 12.1 Å². The van der Waals surface area contributed by atoms with E-state index in [2.05, 4.69) is 15.4 Å². The van der Waals surface area contributed by atoms with Crippen LogP contribution in [-0.4, -0.2) is 20.7 Å². The minimum atomic E-state index is -0.0195. The third-order valence-corrected chi connectivity index (χ3v) is 3.14. The van der Waals surface area contributed by atoms with E-state index in [1.165, 1.54) is 5.56 Å². The Morgan fingerprint density at radius 2 is 1.90 bits per heavy atom. The van der Waals surface area contributed by atoms with Crippen LogP contribution in [0.1, 0.15) is 36.6 Å². The first-order chi connectivity index (χ1) is 9.45. The lowest BCUT2D eigenvalue weighted by Crippen LogP contribution is -2.19. The number of amides is 1. The van der Waals surface area contributed by atoms with Crippen molar-refractivity contribution in [2.45, 2.75) is 40.2 Å². The summed E-state index contributed by atoms with van der Waals surface area (Å²) in [6.07, 6.45) is 0.373. The van der Waals surface area contributed by atoms with Crippen molar-refractivity contribution >= 4 is 11.6 Å². The minimum Gasteiger partial charge on any atom is -0.326 e. The molecule has 1 aromatic carbocycles. The molecule has 1 amide bonds. The van der Waals surface area contributed by atoms with Crippen molar-refractivity contribution in [3.05, 3.63) is 41.5 Å². The number of aryl methyl sites for hydroxylation is 3. The highest BCUT2D eigenvalue weighted by Crippen LogP contribution is 2.14. The first-order valence-corrected chi connectivity index (χ1v) is 6.72. The van der Waals surface area contributed by atoms with Gasteiger partial charge >= 0.3 is 0 Å². The summed E-state index contributed by atoms with van der Waals surface area (Å²) in [7, 11) is 0. The van der Waals surface area contributed by atoms with Gasteiger partial charge in [-0.2, -0.15) is 5.10 Å². The molecule has 0 aliphatic rings. The van der Waals surface area contributed by atoms with E-state index in [9.17, 15) is 4.79 Å². The number of hydrogen-bond donors (Lipinski definition) is 1. The molecule has 1 heterocycles. The summed E-state index contributed by atoms with van der Waals surface area (Å²) in [6, 6.07) is 7.75. The van der Waals surface area contributed by atoms with Gasteiger partial charge in [-0.1, -0.05) is 17.7 Å². The van der Waals surface area contributed by atoms with Gasteiger partial charge in [-0.25, -0.2) is 9.67 Å². The Balaban J connectivity index is 1.97. The normalized spacial score (nSPS) is 12.2. The Kier molecular flexibility index (Phi) is 4.17. The van der Waals surface area contributed by atoms with E-state index in [1.54, 1.807) is 4.68 Å². The minimum absolute atomic E-state index is 0.0124. The van der Waals surface area contributed by atoms with Crippen LogP contribution in [0.3, 0.4) is 0 Å². The number of nitrogens with zero attached hydrogens (tertiary/aromatic N) is 3. The maximum Gasteiger partial charge on any atom is 0.226 e. The van der Waals surface area contributed by atoms with Gasteiger partial charge in [-0.05, 0) is 39.8 Å². The summed E-state index contributed by atoms with van der Waals surface area (Å²) < 4.78 is 1.80. The van der Waals surface area contributed by atoms with Gasteiger partial charge in [0.2, 0.25) is 5.91 Å². The largest absolute Gasteiger partial charge is 0.326 e. The van der Waals surface area contributed by atoms with Gasteiger partial charge in [-0.3, -0.25) is 4.79 Å². The molecule has 5 heteroatoms. The SMILES string of the molecule is Cc1ccc(NC(=O)CC(C)n2nc(C)nc2C)cc1. The van der Waals surface area contributed by atoms with E-state index >= 15 is 0 Å². The summed E-state index contributed by atoms with van der Waals surface area (Å²) >= 11 is 0. The number of nitrogens with one attached hydrogen (secondary N) is 1. The molecule has 20 heavy (non-hydrogen) atoms. The van der Waals surface area contributed by atoms with Crippen LogP contribution in [0, 0.1) is 20.8 Å². The van der Waals surface area contributed by atoms with Crippen LogP contribution in [0.25, 0.3) is 0 Å². The summed E-state index contributed by atoms with van der Waals surface area (Å²) in [5, 5.41) is 7.20. The van der Waals surface area contributed by atoms with Crippen molar-refractivity contribution < 1.29 is 4.79 Å². The second-order valence-corrected chi connectivity index (χ2v) is 5.12. The highest BCUT2D eigenvalue weighted by Gasteiger charge is 2.14. The van der Waals surface area contributed by atoms with Crippen molar-refractivity contribution in [1.29, 1.82) is 0 Å². The molecule has 1 unspecified atom stereocenters. The van der Waals surface area contributed by atoms with Crippen LogP contribution in [0.5, 0.6) is 0 Å². The van der Waals surface area contributed by atoms with E-state index in [0.717, 1.165) is 17.3 Å². The fourth-order valence-electron chi connectivity index (χ4n) is 2.16. The number of rotatable bonds is 4. The smallest absolute Gasteiger partial charge is 0.226 e. The second kappa shape index (κ2) is 5.86. The van der Waals surface area contributed by atoms with Gasteiger partial charge in [0.05, 0.1) is 6.04 Å². The molecule has 0 radical (unpaired) electrons. The van der Waals surface area contributed by atoms with Crippen LogP contribution in [0.4, 0.5) is 5.69 Å². The Bertz CT molecular complexity index is 601. The van der Waals surface area contributed by atoms with Crippen LogP contribution < -0.4 is 5.32 Å². The van der Waals surface area contributed by atoms with E-state index in [0.29, 0.717) is 6.42 Å². The lowest BCUT2D eigenvalue weighted by Gasteiger charge is -2.13. The van der Waals surface area contributed by atoms with Gasteiger partial charge in [0.15, 0.2) is 0 Å². The van der Waals surface area contributed by atoms with Crippen LogP contribution in [-0.2, 0) is 4.79 Å². The Labute approximate surface area is 119 Å². The van der Waals surface area contributed by atoms with E-state index < -0.39 is 0 Å². The lowest BCUT2D eigenvalue weighted by atomic mass is 10.2. The fraction of sp³-hybridized carbons (Fsp3) is 0.400. The number of carbonyl (C=O) groups is 1. The molecule has 0 bridgehead atoms. The van der Waals surface area contributed by atoms with E-state index in [1.807, 2.05) is 52.0 Å². The topological polar surface area (TPSA) is 59.8 Å². The summed E-state index contributed by atoms with van der Waals surface area (Å²) in [5.74, 6) is 1.54. The Morgan fingerprint density at radius 1 is 1.25 bits per heavy atom. The molecule has 0 saturated heterocycles. The summed E-state index contributed by atoms with van der Waals surface area (Å²) in [4.78, 5) is 16.3. The van der Waals surface area contributed by atoms with Gasteiger partial charge in [-0.15, -0.1) is 0 Å². The summed E-state index contributed by atoms with van der Waals surface area (Å²) in [6.45, 7) is 7.73. The van der Waals surface area contributed by atoms with Gasteiger partial charge in [0.25, 0.3) is 0 Å². The third kappa shape index (κ3) is 3.44. The maximum atomic E-state index is 12.0. The molecule has 0 fully saturated rings. The zero-order valence-electron chi connectivity index (χ0n) is 12.3. The average molecular weight is 272 g/mol. The third-order valence-electron chi connectivity index (χ3n) is 3.14. The predicted molar refractivity (Wildman–Crippen MR) is 78.6 cm³/mol. The molecular formula is C15H20N4O.